The average molecular weight is 362 g/mol. The van der Waals surface area contributed by atoms with Crippen molar-refractivity contribution in [2.45, 2.75) is 39.2 Å². The van der Waals surface area contributed by atoms with Gasteiger partial charge >= 0.3 is 11.9 Å². The highest BCUT2D eigenvalue weighted by Crippen LogP contribution is 2.27. The van der Waals surface area contributed by atoms with E-state index in [0.29, 0.717) is 0 Å². The highest BCUT2D eigenvalue weighted by atomic mass is 79.9. The summed E-state index contributed by atoms with van der Waals surface area (Å²) in [5.74, 6) is -3.52. The van der Waals surface area contributed by atoms with Crippen LogP contribution in [0.15, 0.2) is 16.7 Å². The van der Waals surface area contributed by atoms with Gasteiger partial charge in [-0.1, -0.05) is 0 Å². The quantitative estimate of drug-likeness (QED) is 0.609. The minimum atomic E-state index is -1.36. The fraction of sp³-hybridized carbons (Fsp3) is 0.500. The van der Waals surface area contributed by atoms with Crippen molar-refractivity contribution in [2.75, 3.05) is 6.61 Å². The smallest absolute Gasteiger partial charge is 0.327 e. The molecule has 116 valence electrons. The second-order valence-corrected chi connectivity index (χ2v) is 6.09. The maximum absolute atomic E-state index is 13.1. The lowest BCUT2D eigenvalue weighted by molar-refractivity contribution is -0.164. The zero-order valence-corrected chi connectivity index (χ0v) is 13.9. The van der Waals surface area contributed by atoms with E-state index >= 15 is 0 Å². The van der Waals surface area contributed by atoms with E-state index in [0.717, 1.165) is 12.3 Å². The van der Waals surface area contributed by atoms with Crippen molar-refractivity contribution in [3.05, 3.63) is 28.2 Å². The Kier molecular flexibility index (Phi) is 5.83. The van der Waals surface area contributed by atoms with Crippen LogP contribution in [-0.2, 0) is 19.1 Å². The van der Waals surface area contributed by atoms with Gasteiger partial charge in [0.2, 0.25) is 0 Å². The Morgan fingerprint density at radius 3 is 2.48 bits per heavy atom. The number of aromatic nitrogens is 1. The summed E-state index contributed by atoms with van der Waals surface area (Å²) in [6.07, 6.45) is 0.927. The summed E-state index contributed by atoms with van der Waals surface area (Å²) < 4.78 is 23.4. The molecule has 0 fully saturated rings. The molecule has 1 unspecified atom stereocenters. The van der Waals surface area contributed by atoms with Crippen LogP contribution in [0.2, 0.25) is 0 Å². The zero-order valence-electron chi connectivity index (χ0n) is 12.3. The Labute approximate surface area is 131 Å². The van der Waals surface area contributed by atoms with Crippen molar-refractivity contribution in [1.82, 2.24) is 4.98 Å². The van der Waals surface area contributed by atoms with Crippen molar-refractivity contribution in [3.8, 4) is 0 Å². The van der Waals surface area contributed by atoms with E-state index in [4.69, 9.17) is 9.47 Å². The van der Waals surface area contributed by atoms with E-state index in [-0.39, 0.29) is 16.8 Å². The van der Waals surface area contributed by atoms with Crippen LogP contribution in [-0.4, -0.2) is 29.1 Å². The molecule has 21 heavy (non-hydrogen) atoms. The Balaban J connectivity index is 3.19. The maximum Gasteiger partial charge on any atom is 0.327 e. The number of hydrogen-bond donors (Lipinski definition) is 0. The van der Waals surface area contributed by atoms with Gasteiger partial charge in [0.1, 0.15) is 11.4 Å². The number of rotatable bonds is 4. The van der Waals surface area contributed by atoms with Crippen LogP contribution in [0.3, 0.4) is 0 Å². The molecule has 0 N–H and O–H groups in total. The van der Waals surface area contributed by atoms with Gasteiger partial charge in [-0.3, -0.25) is 14.6 Å². The zero-order chi connectivity index (χ0) is 16.2. The molecular weight excluding hydrogens is 345 g/mol. The van der Waals surface area contributed by atoms with Gasteiger partial charge in [0, 0.05) is 4.47 Å². The third-order valence-corrected chi connectivity index (χ3v) is 2.91. The first kappa shape index (κ1) is 17.6. The second-order valence-electron chi connectivity index (χ2n) is 5.24. The SMILES string of the molecule is CCOC(=O)C(C(=O)OC(C)(C)C)c1ncc(F)cc1Br. The molecule has 1 heterocycles. The summed E-state index contributed by atoms with van der Waals surface area (Å²) in [6, 6.07) is 1.12. The Morgan fingerprint density at radius 1 is 1.38 bits per heavy atom. The normalized spacial score (nSPS) is 12.7. The van der Waals surface area contributed by atoms with Gasteiger partial charge in [0.05, 0.1) is 18.5 Å². The molecular formula is C14H17BrFNO4. The largest absolute Gasteiger partial charge is 0.465 e. The number of carbonyl (C=O) groups is 2. The number of hydrogen-bond acceptors (Lipinski definition) is 5. The Bertz CT molecular complexity index is 542. The lowest BCUT2D eigenvalue weighted by atomic mass is 10.0. The minimum absolute atomic E-state index is 0.0594. The van der Waals surface area contributed by atoms with E-state index in [1.807, 2.05) is 0 Å². The second kappa shape index (κ2) is 6.98. The Morgan fingerprint density at radius 2 is 2.00 bits per heavy atom. The van der Waals surface area contributed by atoms with Crippen molar-refractivity contribution in [1.29, 1.82) is 0 Å². The van der Waals surface area contributed by atoms with E-state index in [9.17, 15) is 14.0 Å². The number of nitrogens with zero attached hydrogens (tertiary/aromatic N) is 1. The minimum Gasteiger partial charge on any atom is -0.465 e. The van der Waals surface area contributed by atoms with Crippen LogP contribution in [0.1, 0.15) is 39.3 Å². The third kappa shape index (κ3) is 5.08. The van der Waals surface area contributed by atoms with E-state index in [2.05, 4.69) is 20.9 Å². The van der Waals surface area contributed by atoms with Gasteiger partial charge in [-0.05, 0) is 49.7 Å². The number of pyridine rings is 1. The standard InChI is InChI=1S/C14H17BrFNO4/c1-5-20-12(18)10(13(19)21-14(2,3)4)11-9(15)6-8(16)7-17-11/h6-7,10H,5H2,1-4H3. The molecule has 0 aliphatic heterocycles. The number of halogens is 2. The molecule has 0 bridgehead atoms. The van der Waals surface area contributed by atoms with E-state index in [1.165, 1.54) is 0 Å². The molecule has 1 rings (SSSR count). The van der Waals surface area contributed by atoms with Gasteiger partial charge in [-0.2, -0.15) is 0 Å². The molecule has 0 aliphatic carbocycles. The van der Waals surface area contributed by atoms with Gasteiger partial charge < -0.3 is 9.47 Å². The molecule has 0 spiro atoms. The number of ether oxygens (including phenoxy) is 2. The summed E-state index contributed by atoms with van der Waals surface area (Å²) in [5.41, 5.74) is -0.710. The predicted molar refractivity (Wildman–Crippen MR) is 77.1 cm³/mol. The molecule has 1 aromatic rings. The number of esters is 2. The molecule has 1 atom stereocenters. The van der Waals surface area contributed by atoms with Gasteiger partial charge in [-0.25, -0.2) is 4.39 Å². The molecule has 0 aliphatic rings. The maximum atomic E-state index is 13.1. The predicted octanol–water partition coefficient (Wildman–Crippen LogP) is 2.97. The van der Waals surface area contributed by atoms with Gasteiger partial charge in [-0.15, -0.1) is 0 Å². The lowest BCUT2D eigenvalue weighted by Crippen LogP contribution is -2.33. The highest BCUT2D eigenvalue weighted by molar-refractivity contribution is 9.10. The van der Waals surface area contributed by atoms with Gasteiger partial charge in [0.25, 0.3) is 0 Å². The molecule has 7 heteroatoms. The topological polar surface area (TPSA) is 65.5 Å². The average Bonchev–Trinajstić information content (AvgIpc) is 2.30. The van der Waals surface area contributed by atoms with Crippen molar-refractivity contribution in [3.63, 3.8) is 0 Å². The monoisotopic (exact) mass is 361 g/mol. The van der Waals surface area contributed by atoms with Crippen molar-refractivity contribution in [2.24, 2.45) is 0 Å². The first-order valence-electron chi connectivity index (χ1n) is 6.36. The summed E-state index contributed by atoms with van der Waals surface area (Å²) >= 11 is 3.10. The fourth-order valence-corrected chi connectivity index (χ4v) is 2.09. The van der Waals surface area contributed by atoms with Crippen LogP contribution in [0.5, 0.6) is 0 Å². The highest BCUT2D eigenvalue weighted by Gasteiger charge is 2.36. The molecule has 0 saturated carbocycles. The lowest BCUT2D eigenvalue weighted by Gasteiger charge is -2.23. The summed E-state index contributed by atoms with van der Waals surface area (Å²) in [7, 11) is 0. The first-order valence-corrected chi connectivity index (χ1v) is 7.15. The molecule has 5 nitrogen and oxygen atoms in total. The van der Waals surface area contributed by atoms with Crippen LogP contribution in [0.4, 0.5) is 4.39 Å². The van der Waals surface area contributed by atoms with Crippen molar-refractivity contribution >= 4 is 27.9 Å². The molecule has 1 aromatic heterocycles. The van der Waals surface area contributed by atoms with Crippen LogP contribution < -0.4 is 0 Å². The molecule has 0 radical (unpaired) electrons. The Hall–Kier alpha value is -1.50. The summed E-state index contributed by atoms with van der Waals surface area (Å²) in [6.45, 7) is 6.77. The van der Waals surface area contributed by atoms with E-state index < -0.39 is 29.3 Å². The molecule has 0 amide bonds. The van der Waals surface area contributed by atoms with Crippen LogP contribution in [0, 0.1) is 5.82 Å². The van der Waals surface area contributed by atoms with Crippen molar-refractivity contribution < 1.29 is 23.5 Å². The van der Waals surface area contributed by atoms with Gasteiger partial charge in [0.15, 0.2) is 5.92 Å². The fourth-order valence-electron chi connectivity index (χ4n) is 1.54. The summed E-state index contributed by atoms with van der Waals surface area (Å²) in [4.78, 5) is 28.1. The summed E-state index contributed by atoms with van der Waals surface area (Å²) in [5, 5.41) is 0. The molecule has 0 aromatic carbocycles. The number of carbonyl (C=O) groups excluding carboxylic acids is 2. The first-order chi connectivity index (χ1) is 9.65. The van der Waals surface area contributed by atoms with E-state index in [1.54, 1.807) is 27.7 Å². The third-order valence-electron chi connectivity index (χ3n) is 2.27. The van der Waals surface area contributed by atoms with Crippen LogP contribution >= 0.6 is 15.9 Å². The molecule has 0 saturated heterocycles. The van der Waals surface area contributed by atoms with Crippen LogP contribution in [0.25, 0.3) is 0 Å².